The monoisotopic (exact) mass is 265 g/mol. The Morgan fingerprint density at radius 2 is 2.00 bits per heavy atom. The molecule has 0 heterocycles. The van der Waals surface area contributed by atoms with Gasteiger partial charge in [0.05, 0.1) is 6.61 Å². The number of hydrogen-bond donors (Lipinski definition) is 2. The van der Waals surface area contributed by atoms with Gasteiger partial charge in [-0.05, 0) is 25.2 Å². The van der Waals surface area contributed by atoms with E-state index in [0.29, 0.717) is 19.7 Å². The first-order valence-electron chi connectivity index (χ1n) is 6.39. The van der Waals surface area contributed by atoms with Gasteiger partial charge in [0, 0.05) is 19.6 Å². The first kappa shape index (κ1) is 15.6. The highest BCUT2D eigenvalue weighted by Gasteiger charge is 2.05. The van der Waals surface area contributed by atoms with Gasteiger partial charge in [0.25, 0.3) is 0 Å². The van der Waals surface area contributed by atoms with Gasteiger partial charge in [-0.15, -0.1) is 0 Å². The van der Waals surface area contributed by atoms with Gasteiger partial charge >= 0.3 is 0 Å². The van der Waals surface area contributed by atoms with Crippen LogP contribution in [0, 0.1) is 0 Å². The highest BCUT2D eigenvalue weighted by molar-refractivity contribution is 5.77. The summed E-state index contributed by atoms with van der Waals surface area (Å²) in [6, 6.07) is 8.09. The lowest BCUT2D eigenvalue weighted by molar-refractivity contribution is -0.125. The van der Waals surface area contributed by atoms with Crippen molar-refractivity contribution in [2.45, 2.75) is 13.1 Å². The quantitative estimate of drug-likeness (QED) is 0.665. The van der Waals surface area contributed by atoms with E-state index in [2.05, 4.69) is 16.3 Å². The van der Waals surface area contributed by atoms with Crippen LogP contribution < -0.4 is 11.1 Å². The second-order valence-electron chi connectivity index (χ2n) is 4.62. The molecule has 106 valence electrons. The minimum atomic E-state index is -0.117. The second kappa shape index (κ2) is 8.63. The third-order valence-electron chi connectivity index (χ3n) is 2.58. The molecule has 0 spiro atoms. The van der Waals surface area contributed by atoms with Gasteiger partial charge in [-0.2, -0.15) is 0 Å². The summed E-state index contributed by atoms with van der Waals surface area (Å²) in [6.07, 6.45) is 0. The molecule has 1 rings (SSSR count). The van der Waals surface area contributed by atoms with Crippen LogP contribution in [0.5, 0.6) is 0 Å². The van der Waals surface area contributed by atoms with Crippen molar-refractivity contribution in [2.75, 3.05) is 33.9 Å². The summed E-state index contributed by atoms with van der Waals surface area (Å²) in [5.74, 6) is -0.117. The molecule has 19 heavy (non-hydrogen) atoms. The van der Waals surface area contributed by atoms with Crippen molar-refractivity contribution in [1.29, 1.82) is 0 Å². The Morgan fingerprint density at radius 3 is 2.63 bits per heavy atom. The molecule has 0 saturated carbocycles. The number of ether oxygens (including phenoxy) is 1. The normalized spacial score (nSPS) is 10.7. The fourth-order valence-corrected chi connectivity index (χ4v) is 1.72. The average molecular weight is 265 g/mol. The number of carbonyl (C=O) groups is 1. The standard InChI is InChI=1S/C14H23N3O2/c1-17(2)10-13-6-4-3-5-12(13)9-16-14(18)11-19-8-7-15/h3-6H,7-11,15H2,1-2H3,(H,16,18). The van der Waals surface area contributed by atoms with Gasteiger partial charge in [0.2, 0.25) is 5.91 Å². The van der Waals surface area contributed by atoms with Gasteiger partial charge in [0.1, 0.15) is 6.61 Å². The van der Waals surface area contributed by atoms with Gasteiger partial charge in [-0.25, -0.2) is 0 Å². The van der Waals surface area contributed by atoms with E-state index in [-0.39, 0.29) is 12.5 Å². The summed E-state index contributed by atoms with van der Waals surface area (Å²) >= 11 is 0. The number of benzene rings is 1. The molecule has 0 aromatic heterocycles. The molecule has 3 N–H and O–H groups in total. The Kier molecular flexibility index (Phi) is 7.10. The molecule has 0 aliphatic rings. The lowest BCUT2D eigenvalue weighted by Gasteiger charge is -2.14. The second-order valence-corrected chi connectivity index (χ2v) is 4.62. The predicted octanol–water partition coefficient (Wildman–Crippen LogP) is 0.340. The molecule has 0 unspecified atom stereocenters. The molecule has 0 aliphatic heterocycles. The number of nitrogens with zero attached hydrogens (tertiary/aromatic N) is 1. The maximum atomic E-state index is 11.5. The van der Waals surface area contributed by atoms with Crippen LogP contribution in [0.25, 0.3) is 0 Å². The number of nitrogens with two attached hydrogens (primary N) is 1. The lowest BCUT2D eigenvalue weighted by Crippen LogP contribution is -2.28. The van der Waals surface area contributed by atoms with Crippen LogP contribution in [-0.4, -0.2) is 44.7 Å². The summed E-state index contributed by atoms with van der Waals surface area (Å²) in [7, 11) is 4.05. The van der Waals surface area contributed by atoms with Crippen molar-refractivity contribution < 1.29 is 9.53 Å². The minimum Gasteiger partial charge on any atom is -0.370 e. The van der Waals surface area contributed by atoms with Gasteiger partial charge in [0.15, 0.2) is 0 Å². The average Bonchev–Trinajstić information content (AvgIpc) is 2.37. The van der Waals surface area contributed by atoms with Crippen molar-refractivity contribution in [3.05, 3.63) is 35.4 Å². The van der Waals surface area contributed by atoms with Crippen LogP contribution in [0.1, 0.15) is 11.1 Å². The summed E-state index contributed by atoms with van der Waals surface area (Å²) < 4.78 is 5.08. The minimum absolute atomic E-state index is 0.0625. The van der Waals surface area contributed by atoms with Gasteiger partial charge in [-0.3, -0.25) is 4.79 Å². The Bertz CT molecular complexity index is 394. The molecule has 1 amide bonds. The highest BCUT2D eigenvalue weighted by atomic mass is 16.5. The van der Waals surface area contributed by atoms with Crippen LogP contribution in [0.3, 0.4) is 0 Å². The smallest absolute Gasteiger partial charge is 0.246 e. The Hall–Kier alpha value is -1.43. The lowest BCUT2D eigenvalue weighted by atomic mass is 10.1. The van der Waals surface area contributed by atoms with E-state index in [0.717, 1.165) is 12.1 Å². The van der Waals surface area contributed by atoms with E-state index in [1.54, 1.807) is 0 Å². The van der Waals surface area contributed by atoms with E-state index in [4.69, 9.17) is 10.5 Å². The summed E-state index contributed by atoms with van der Waals surface area (Å²) in [6.45, 7) is 2.28. The van der Waals surface area contributed by atoms with E-state index in [1.807, 2.05) is 32.3 Å². The van der Waals surface area contributed by atoms with Crippen LogP contribution in [-0.2, 0) is 22.6 Å². The van der Waals surface area contributed by atoms with Crippen LogP contribution in [0.4, 0.5) is 0 Å². The molecule has 0 bridgehead atoms. The van der Waals surface area contributed by atoms with E-state index < -0.39 is 0 Å². The highest BCUT2D eigenvalue weighted by Crippen LogP contribution is 2.10. The van der Waals surface area contributed by atoms with Crippen LogP contribution in [0.15, 0.2) is 24.3 Å². The van der Waals surface area contributed by atoms with Gasteiger partial charge < -0.3 is 20.7 Å². The summed E-state index contributed by atoms with van der Waals surface area (Å²) in [5.41, 5.74) is 7.63. The van der Waals surface area contributed by atoms with E-state index in [1.165, 1.54) is 5.56 Å². The molecule has 0 aliphatic carbocycles. The third-order valence-corrected chi connectivity index (χ3v) is 2.58. The molecule has 1 aromatic carbocycles. The summed E-state index contributed by atoms with van der Waals surface area (Å²) in [4.78, 5) is 13.6. The molecular weight excluding hydrogens is 242 g/mol. The number of nitrogens with one attached hydrogen (secondary N) is 1. The Labute approximate surface area is 114 Å². The zero-order chi connectivity index (χ0) is 14.1. The van der Waals surface area contributed by atoms with Gasteiger partial charge in [-0.1, -0.05) is 24.3 Å². The first-order valence-corrected chi connectivity index (χ1v) is 6.39. The SMILES string of the molecule is CN(C)Cc1ccccc1CNC(=O)COCCN. The van der Waals surface area contributed by atoms with E-state index >= 15 is 0 Å². The van der Waals surface area contributed by atoms with Crippen molar-refractivity contribution in [2.24, 2.45) is 5.73 Å². The number of amides is 1. The number of rotatable bonds is 8. The fourth-order valence-electron chi connectivity index (χ4n) is 1.72. The first-order chi connectivity index (χ1) is 9.13. The Morgan fingerprint density at radius 1 is 1.32 bits per heavy atom. The Balaban J connectivity index is 2.46. The largest absolute Gasteiger partial charge is 0.370 e. The van der Waals surface area contributed by atoms with E-state index in [9.17, 15) is 4.79 Å². The molecule has 5 nitrogen and oxygen atoms in total. The van der Waals surface area contributed by atoms with Crippen molar-refractivity contribution >= 4 is 5.91 Å². The zero-order valence-corrected chi connectivity index (χ0v) is 11.7. The topological polar surface area (TPSA) is 67.6 Å². The molecule has 0 fully saturated rings. The van der Waals surface area contributed by atoms with Crippen LogP contribution >= 0.6 is 0 Å². The maximum absolute atomic E-state index is 11.5. The molecule has 0 radical (unpaired) electrons. The number of hydrogen-bond acceptors (Lipinski definition) is 4. The van der Waals surface area contributed by atoms with Crippen molar-refractivity contribution in [1.82, 2.24) is 10.2 Å². The molecule has 1 aromatic rings. The van der Waals surface area contributed by atoms with Crippen molar-refractivity contribution in [3.8, 4) is 0 Å². The molecule has 0 atom stereocenters. The third kappa shape index (κ3) is 6.33. The van der Waals surface area contributed by atoms with Crippen molar-refractivity contribution in [3.63, 3.8) is 0 Å². The zero-order valence-electron chi connectivity index (χ0n) is 11.7. The molecule has 5 heteroatoms. The fraction of sp³-hybridized carbons (Fsp3) is 0.500. The molecule has 0 saturated heterocycles. The predicted molar refractivity (Wildman–Crippen MR) is 75.6 cm³/mol. The summed E-state index contributed by atoms with van der Waals surface area (Å²) in [5, 5.41) is 2.85. The number of carbonyl (C=O) groups excluding carboxylic acids is 1. The maximum Gasteiger partial charge on any atom is 0.246 e. The molecular formula is C14H23N3O2. The van der Waals surface area contributed by atoms with Crippen LogP contribution in [0.2, 0.25) is 0 Å².